The summed E-state index contributed by atoms with van der Waals surface area (Å²) in [5.41, 5.74) is 8.15. The van der Waals surface area contributed by atoms with Crippen LogP contribution in [0.4, 0.5) is 5.82 Å². The third-order valence-corrected chi connectivity index (χ3v) is 6.32. The highest BCUT2D eigenvalue weighted by atomic mass is 16.2. The largest absolute Gasteiger partial charge is 0.366 e. The molecule has 3 aromatic carbocycles. The number of carbonyl (C=O) groups is 2. The van der Waals surface area contributed by atoms with Gasteiger partial charge in [0.15, 0.2) is 5.82 Å². The molecule has 1 atom stereocenters. The summed E-state index contributed by atoms with van der Waals surface area (Å²) in [5, 5.41) is 11.2. The van der Waals surface area contributed by atoms with Crippen LogP contribution in [0.3, 0.4) is 0 Å². The Bertz CT molecular complexity index is 1350. The van der Waals surface area contributed by atoms with Crippen molar-refractivity contribution < 1.29 is 9.59 Å². The van der Waals surface area contributed by atoms with Crippen LogP contribution in [-0.2, 0) is 0 Å². The fourth-order valence-corrected chi connectivity index (χ4v) is 4.53. The zero-order valence-corrected chi connectivity index (χ0v) is 18.9. The first-order valence-corrected chi connectivity index (χ1v) is 11.3. The summed E-state index contributed by atoms with van der Waals surface area (Å²) >= 11 is 0. The molecule has 1 aromatic heterocycles. The Hall–Kier alpha value is -4.26. The predicted molar refractivity (Wildman–Crippen MR) is 133 cm³/mol. The van der Waals surface area contributed by atoms with Crippen LogP contribution in [0.2, 0.25) is 0 Å². The number of hydrogen-bond acceptors (Lipinski definition) is 5. The van der Waals surface area contributed by atoms with Crippen LogP contribution < -0.4 is 10.6 Å². The van der Waals surface area contributed by atoms with E-state index in [1.54, 1.807) is 12.1 Å². The third kappa shape index (κ3) is 3.96. The molecule has 170 valence electrons. The van der Waals surface area contributed by atoms with Gasteiger partial charge < -0.3 is 15.5 Å². The average Bonchev–Trinajstić information content (AvgIpc) is 2.88. The standard InChI is InChI=1S/C27H25N5O2/c1-18-17-31(27(34)21-7-3-2-4-8-21)15-16-32(18)26-23-10-6-5-9-22(23)24(29-30-26)19-11-13-20(14-12-19)25(28)33/h2-14,18H,15-17H2,1H3,(H2,28,33)/t18-/m1/s1. The van der Waals surface area contributed by atoms with E-state index in [1.165, 1.54) is 0 Å². The maximum Gasteiger partial charge on any atom is 0.253 e. The Morgan fingerprint density at radius 3 is 2.18 bits per heavy atom. The molecule has 1 fully saturated rings. The number of rotatable bonds is 4. The molecule has 0 spiro atoms. The van der Waals surface area contributed by atoms with Gasteiger partial charge in [-0.25, -0.2) is 0 Å². The maximum atomic E-state index is 12.9. The molecule has 2 heterocycles. The van der Waals surface area contributed by atoms with Crippen molar-refractivity contribution in [1.29, 1.82) is 0 Å². The molecule has 7 heteroatoms. The number of nitrogens with zero attached hydrogens (tertiary/aromatic N) is 4. The van der Waals surface area contributed by atoms with E-state index >= 15 is 0 Å². The van der Waals surface area contributed by atoms with Gasteiger partial charge in [-0.15, -0.1) is 10.2 Å². The minimum Gasteiger partial charge on any atom is -0.366 e. The molecule has 1 aliphatic rings. The molecule has 7 nitrogen and oxygen atoms in total. The summed E-state index contributed by atoms with van der Waals surface area (Å²) in [6.45, 7) is 4.01. The van der Waals surface area contributed by atoms with Gasteiger partial charge in [-0.2, -0.15) is 0 Å². The highest BCUT2D eigenvalue weighted by molar-refractivity contribution is 6.01. The van der Waals surface area contributed by atoms with Gasteiger partial charge >= 0.3 is 0 Å². The van der Waals surface area contributed by atoms with Crippen LogP contribution in [-0.4, -0.2) is 52.6 Å². The first-order chi connectivity index (χ1) is 16.5. The lowest BCUT2D eigenvalue weighted by molar-refractivity contribution is 0.0726. The first kappa shape index (κ1) is 21.6. The van der Waals surface area contributed by atoms with Crippen LogP contribution >= 0.6 is 0 Å². The number of fused-ring (bicyclic) bond motifs is 1. The molecule has 0 bridgehead atoms. The van der Waals surface area contributed by atoms with E-state index in [4.69, 9.17) is 5.73 Å². The second-order valence-corrected chi connectivity index (χ2v) is 8.52. The molecule has 5 rings (SSSR count). The second kappa shape index (κ2) is 8.94. The lowest BCUT2D eigenvalue weighted by atomic mass is 10.0. The molecule has 1 saturated heterocycles. The van der Waals surface area contributed by atoms with E-state index < -0.39 is 5.91 Å². The van der Waals surface area contributed by atoms with Gasteiger partial charge in [-0.05, 0) is 31.2 Å². The minimum absolute atomic E-state index is 0.0535. The number of benzene rings is 3. The van der Waals surface area contributed by atoms with Gasteiger partial charge in [-0.1, -0.05) is 54.6 Å². The van der Waals surface area contributed by atoms with E-state index in [2.05, 4.69) is 28.1 Å². The number of aromatic nitrogens is 2. The minimum atomic E-state index is -0.461. The normalized spacial score (nSPS) is 16.0. The maximum absolute atomic E-state index is 12.9. The van der Waals surface area contributed by atoms with Crippen LogP contribution in [0.1, 0.15) is 27.6 Å². The molecule has 0 radical (unpaired) electrons. The van der Waals surface area contributed by atoms with Crippen molar-refractivity contribution in [3.63, 3.8) is 0 Å². The molecule has 2 N–H and O–H groups in total. The van der Waals surface area contributed by atoms with E-state index in [-0.39, 0.29) is 11.9 Å². The summed E-state index contributed by atoms with van der Waals surface area (Å²) in [6, 6.07) is 24.6. The Kier molecular flexibility index (Phi) is 5.67. The number of piperazine rings is 1. The molecule has 34 heavy (non-hydrogen) atoms. The van der Waals surface area contributed by atoms with Crippen molar-refractivity contribution in [2.45, 2.75) is 13.0 Å². The highest BCUT2D eigenvalue weighted by Crippen LogP contribution is 2.33. The summed E-state index contributed by atoms with van der Waals surface area (Å²) in [7, 11) is 0. The van der Waals surface area contributed by atoms with Gasteiger partial charge in [0, 0.05) is 53.1 Å². The van der Waals surface area contributed by atoms with Gasteiger partial charge in [-0.3, -0.25) is 9.59 Å². The number of anilines is 1. The molecule has 2 amide bonds. The Morgan fingerprint density at radius 2 is 1.50 bits per heavy atom. The van der Waals surface area contributed by atoms with Crippen molar-refractivity contribution in [3.05, 3.63) is 90.0 Å². The van der Waals surface area contributed by atoms with Crippen LogP contribution in [0, 0.1) is 0 Å². The molecule has 0 saturated carbocycles. The molecular formula is C27H25N5O2. The van der Waals surface area contributed by atoms with Crippen molar-refractivity contribution in [2.24, 2.45) is 5.73 Å². The number of amides is 2. The predicted octanol–water partition coefficient (Wildman–Crippen LogP) is 3.75. The van der Waals surface area contributed by atoms with Crippen molar-refractivity contribution >= 4 is 28.4 Å². The fourth-order valence-electron chi connectivity index (χ4n) is 4.53. The zero-order valence-electron chi connectivity index (χ0n) is 18.9. The molecule has 0 unspecified atom stereocenters. The van der Waals surface area contributed by atoms with Gasteiger partial charge in [0.25, 0.3) is 5.91 Å². The monoisotopic (exact) mass is 451 g/mol. The Balaban J connectivity index is 1.44. The summed E-state index contributed by atoms with van der Waals surface area (Å²) in [5.74, 6) is 0.405. The highest BCUT2D eigenvalue weighted by Gasteiger charge is 2.29. The average molecular weight is 452 g/mol. The quantitative estimate of drug-likeness (QED) is 0.510. The lowest BCUT2D eigenvalue weighted by Crippen LogP contribution is -2.54. The summed E-state index contributed by atoms with van der Waals surface area (Å²) < 4.78 is 0. The Labute approximate surface area is 197 Å². The van der Waals surface area contributed by atoms with Crippen LogP contribution in [0.5, 0.6) is 0 Å². The van der Waals surface area contributed by atoms with E-state index in [0.29, 0.717) is 30.8 Å². The topological polar surface area (TPSA) is 92.4 Å². The van der Waals surface area contributed by atoms with Crippen molar-refractivity contribution in [3.8, 4) is 11.3 Å². The van der Waals surface area contributed by atoms with Gasteiger partial charge in [0.1, 0.15) is 5.69 Å². The Morgan fingerprint density at radius 1 is 0.824 bits per heavy atom. The SMILES string of the molecule is C[C@@H]1CN(C(=O)c2ccccc2)CCN1c1nnc(-c2ccc(C(N)=O)cc2)c2ccccc12. The van der Waals surface area contributed by atoms with E-state index in [9.17, 15) is 9.59 Å². The lowest BCUT2D eigenvalue weighted by Gasteiger charge is -2.40. The number of carbonyl (C=O) groups excluding carboxylic acids is 2. The number of hydrogen-bond donors (Lipinski definition) is 1. The number of primary amides is 1. The zero-order chi connectivity index (χ0) is 23.7. The van der Waals surface area contributed by atoms with Gasteiger partial charge in [0.2, 0.25) is 5.91 Å². The summed E-state index contributed by atoms with van der Waals surface area (Å²) in [6.07, 6.45) is 0. The second-order valence-electron chi connectivity index (χ2n) is 8.52. The smallest absolute Gasteiger partial charge is 0.253 e. The van der Waals surface area contributed by atoms with Crippen LogP contribution in [0.15, 0.2) is 78.9 Å². The molecule has 1 aliphatic heterocycles. The van der Waals surface area contributed by atoms with Gasteiger partial charge in [0.05, 0.1) is 0 Å². The first-order valence-electron chi connectivity index (χ1n) is 11.3. The van der Waals surface area contributed by atoms with E-state index in [0.717, 1.165) is 27.8 Å². The van der Waals surface area contributed by atoms with Crippen LogP contribution in [0.25, 0.3) is 22.0 Å². The molecule has 0 aliphatic carbocycles. The molecular weight excluding hydrogens is 426 g/mol. The molecule has 4 aromatic rings. The third-order valence-electron chi connectivity index (χ3n) is 6.32. The fraction of sp³-hybridized carbons (Fsp3) is 0.185. The van der Waals surface area contributed by atoms with Crippen molar-refractivity contribution in [1.82, 2.24) is 15.1 Å². The van der Waals surface area contributed by atoms with E-state index in [1.807, 2.05) is 65.6 Å². The van der Waals surface area contributed by atoms with Crippen molar-refractivity contribution in [2.75, 3.05) is 24.5 Å². The summed E-state index contributed by atoms with van der Waals surface area (Å²) in [4.78, 5) is 28.5. The number of nitrogens with two attached hydrogens (primary N) is 1.